The fourth-order valence-electron chi connectivity index (χ4n) is 0.803. The Kier molecular flexibility index (Phi) is 5.58. The maximum atomic E-state index is 11.1. The van der Waals surface area contributed by atoms with Gasteiger partial charge in [-0.15, -0.1) is 23.1 Å². The van der Waals surface area contributed by atoms with E-state index in [2.05, 4.69) is 10.3 Å². The summed E-state index contributed by atoms with van der Waals surface area (Å²) in [5.41, 5.74) is 2.79. The molecule has 0 unspecified atom stereocenters. The molecule has 0 fully saturated rings. The van der Waals surface area contributed by atoms with E-state index in [-0.39, 0.29) is 12.5 Å². The van der Waals surface area contributed by atoms with Gasteiger partial charge in [0.15, 0.2) is 0 Å². The van der Waals surface area contributed by atoms with Crippen molar-refractivity contribution in [3.8, 4) is 0 Å². The lowest BCUT2D eigenvalue weighted by molar-refractivity contribution is -0.118. The summed E-state index contributed by atoms with van der Waals surface area (Å²) in [5, 5.41) is 13.0. The molecule has 0 aliphatic rings. The van der Waals surface area contributed by atoms with Crippen LogP contribution in [0.4, 0.5) is 0 Å². The van der Waals surface area contributed by atoms with Gasteiger partial charge in [0.1, 0.15) is 0 Å². The third kappa shape index (κ3) is 4.59. The minimum atomic E-state index is -0.0423. The average Bonchev–Trinajstić information content (AvgIpc) is 2.67. The molecule has 0 aliphatic carbocycles. The van der Waals surface area contributed by atoms with Crippen LogP contribution in [0.5, 0.6) is 0 Å². The molecule has 0 atom stereocenters. The van der Waals surface area contributed by atoms with Crippen molar-refractivity contribution in [1.29, 1.82) is 0 Å². The van der Waals surface area contributed by atoms with Gasteiger partial charge in [-0.1, -0.05) is 0 Å². The second kappa shape index (κ2) is 6.80. The van der Waals surface area contributed by atoms with E-state index in [0.717, 1.165) is 11.4 Å². The zero-order valence-corrected chi connectivity index (χ0v) is 9.24. The first-order chi connectivity index (χ1) is 6.83. The molecular weight excluding hydrogens is 220 g/mol. The lowest BCUT2D eigenvalue weighted by Crippen LogP contribution is -2.27. The van der Waals surface area contributed by atoms with E-state index in [1.54, 1.807) is 16.8 Å². The van der Waals surface area contributed by atoms with E-state index in [1.807, 2.05) is 5.38 Å². The van der Waals surface area contributed by atoms with Crippen LogP contribution in [0.3, 0.4) is 0 Å². The Morgan fingerprint density at radius 1 is 1.71 bits per heavy atom. The van der Waals surface area contributed by atoms with Crippen LogP contribution in [-0.2, 0) is 10.5 Å². The molecule has 1 aromatic heterocycles. The maximum Gasteiger partial charge on any atom is 0.230 e. The number of carbonyl (C=O) groups excluding carboxylic acids is 1. The van der Waals surface area contributed by atoms with E-state index < -0.39 is 0 Å². The zero-order valence-electron chi connectivity index (χ0n) is 7.60. The number of thiazole rings is 1. The Balaban J connectivity index is 2.06. The van der Waals surface area contributed by atoms with Gasteiger partial charge in [0, 0.05) is 17.7 Å². The predicted molar refractivity (Wildman–Crippen MR) is 58.4 cm³/mol. The number of hydrogen-bond acceptors (Lipinski definition) is 5. The SMILES string of the molecule is O=C(CSCc1cscn1)NCCO. The minimum absolute atomic E-state index is 0.0114. The highest BCUT2D eigenvalue weighted by Crippen LogP contribution is 2.11. The van der Waals surface area contributed by atoms with Crippen molar-refractivity contribution < 1.29 is 9.90 Å². The van der Waals surface area contributed by atoms with Crippen LogP contribution < -0.4 is 5.32 Å². The van der Waals surface area contributed by atoms with Crippen LogP contribution in [0.1, 0.15) is 5.69 Å². The number of amides is 1. The Labute approximate surface area is 90.7 Å². The fraction of sp³-hybridized carbons (Fsp3) is 0.500. The normalized spacial score (nSPS) is 10.1. The largest absolute Gasteiger partial charge is 0.395 e. The lowest BCUT2D eigenvalue weighted by atomic mass is 10.6. The average molecular weight is 232 g/mol. The summed E-state index contributed by atoms with van der Waals surface area (Å²) in [6.45, 7) is 0.318. The monoisotopic (exact) mass is 232 g/mol. The third-order valence-corrected chi connectivity index (χ3v) is 3.00. The molecule has 0 radical (unpaired) electrons. The molecule has 1 amide bonds. The second-order valence-electron chi connectivity index (χ2n) is 2.55. The highest BCUT2D eigenvalue weighted by molar-refractivity contribution is 7.99. The van der Waals surface area contributed by atoms with Crippen LogP contribution in [0.2, 0.25) is 0 Å². The molecule has 4 nitrogen and oxygen atoms in total. The quantitative estimate of drug-likeness (QED) is 0.749. The summed E-state index contributed by atoms with van der Waals surface area (Å²) in [4.78, 5) is 15.2. The summed E-state index contributed by atoms with van der Waals surface area (Å²) in [6.07, 6.45) is 0. The van der Waals surface area contributed by atoms with Crippen LogP contribution in [-0.4, -0.2) is 34.9 Å². The fourth-order valence-corrected chi connectivity index (χ4v) is 2.22. The summed E-state index contributed by atoms with van der Waals surface area (Å²) in [7, 11) is 0. The highest BCUT2D eigenvalue weighted by Gasteiger charge is 2.01. The molecule has 0 saturated carbocycles. The van der Waals surface area contributed by atoms with Gasteiger partial charge in [-0.3, -0.25) is 4.79 Å². The Morgan fingerprint density at radius 3 is 3.21 bits per heavy atom. The number of thioether (sulfide) groups is 1. The molecule has 0 saturated heterocycles. The van der Waals surface area contributed by atoms with Gasteiger partial charge in [-0.2, -0.15) is 0 Å². The summed E-state index contributed by atoms with van der Waals surface area (Å²) in [6, 6.07) is 0. The van der Waals surface area contributed by atoms with Crippen molar-refractivity contribution in [3.05, 3.63) is 16.6 Å². The van der Waals surface area contributed by atoms with E-state index in [4.69, 9.17) is 5.11 Å². The van der Waals surface area contributed by atoms with Crippen molar-refractivity contribution in [2.75, 3.05) is 18.9 Å². The van der Waals surface area contributed by atoms with Crippen LogP contribution in [0, 0.1) is 0 Å². The zero-order chi connectivity index (χ0) is 10.2. The van der Waals surface area contributed by atoms with Gasteiger partial charge in [0.25, 0.3) is 0 Å². The number of rotatable bonds is 6. The van der Waals surface area contributed by atoms with E-state index in [9.17, 15) is 4.79 Å². The topological polar surface area (TPSA) is 62.2 Å². The summed E-state index contributed by atoms with van der Waals surface area (Å²) < 4.78 is 0. The number of nitrogens with one attached hydrogen (secondary N) is 1. The smallest absolute Gasteiger partial charge is 0.230 e. The van der Waals surface area contributed by atoms with Crippen molar-refractivity contribution in [3.63, 3.8) is 0 Å². The number of hydrogen-bond donors (Lipinski definition) is 2. The first-order valence-corrected chi connectivity index (χ1v) is 6.25. The molecule has 1 heterocycles. The summed E-state index contributed by atoms with van der Waals surface area (Å²) >= 11 is 3.07. The molecular formula is C8H12N2O2S2. The van der Waals surface area contributed by atoms with Gasteiger partial charge in [0.2, 0.25) is 5.91 Å². The minimum Gasteiger partial charge on any atom is -0.395 e. The van der Waals surface area contributed by atoms with E-state index >= 15 is 0 Å². The lowest BCUT2D eigenvalue weighted by Gasteiger charge is -2.01. The molecule has 0 bridgehead atoms. The number of aromatic nitrogens is 1. The van der Waals surface area contributed by atoms with Crippen molar-refractivity contribution >= 4 is 29.0 Å². The maximum absolute atomic E-state index is 11.1. The molecule has 1 rings (SSSR count). The molecule has 6 heteroatoms. The number of nitrogens with zero attached hydrogens (tertiary/aromatic N) is 1. The molecule has 2 N–H and O–H groups in total. The Bertz CT molecular complexity index is 264. The Morgan fingerprint density at radius 2 is 2.57 bits per heavy atom. The number of aliphatic hydroxyl groups excluding tert-OH is 1. The van der Waals surface area contributed by atoms with Gasteiger partial charge in [-0.25, -0.2) is 4.98 Å². The molecule has 0 aliphatic heterocycles. The van der Waals surface area contributed by atoms with Crippen LogP contribution in [0.25, 0.3) is 0 Å². The van der Waals surface area contributed by atoms with Gasteiger partial charge in [0.05, 0.1) is 23.6 Å². The molecule has 14 heavy (non-hydrogen) atoms. The standard InChI is InChI=1S/C8H12N2O2S2/c11-2-1-9-8(12)5-13-3-7-4-14-6-10-7/h4,6,11H,1-3,5H2,(H,9,12). The van der Waals surface area contributed by atoms with Gasteiger partial charge in [-0.05, 0) is 0 Å². The molecule has 0 spiro atoms. The van der Waals surface area contributed by atoms with E-state index in [1.165, 1.54) is 11.8 Å². The third-order valence-electron chi connectivity index (χ3n) is 1.40. The van der Waals surface area contributed by atoms with Crippen molar-refractivity contribution in [1.82, 2.24) is 10.3 Å². The predicted octanol–water partition coefficient (Wildman–Crippen LogP) is 0.485. The molecule has 1 aromatic rings. The number of aliphatic hydroxyl groups is 1. The highest BCUT2D eigenvalue weighted by atomic mass is 32.2. The van der Waals surface area contributed by atoms with Crippen molar-refractivity contribution in [2.45, 2.75) is 5.75 Å². The van der Waals surface area contributed by atoms with Crippen LogP contribution >= 0.6 is 23.1 Å². The van der Waals surface area contributed by atoms with Gasteiger partial charge < -0.3 is 10.4 Å². The van der Waals surface area contributed by atoms with Crippen LogP contribution in [0.15, 0.2) is 10.9 Å². The first kappa shape index (κ1) is 11.5. The van der Waals surface area contributed by atoms with E-state index in [0.29, 0.717) is 12.3 Å². The second-order valence-corrected chi connectivity index (χ2v) is 4.25. The molecule has 0 aromatic carbocycles. The van der Waals surface area contributed by atoms with Crippen molar-refractivity contribution in [2.24, 2.45) is 0 Å². The Hall–Kier alpha value is -0.590. The molecule has 78 valence electrons. The van der Waals surface area contributed by atoms with Gasteiger partial charge >= 0.3 is 0 Å². The first-order valence-electron chi connectivity index (χ1n) is 4.15. The summed E-state index contributed by atoms with van der Waals surface area (Å²) in [5.74, 6) is 1.13. The number of carbonyl (C=O) groups is 1.